The van der Waals surface area contributed by atoms with Gasteiger partial charge in [-0.1, -0.05) is 12.1 Å². The topological polar surface area (TPSA) is 46.9 Å². The van der Waals surface area contributed by atoms with E-state index in [4.69, 9.17) is 0 Å². The molecule has 7 heteroatoms. The summed E-state index contributed by atoms with van der Waals surface area (Å²) in [5, 5.41) is 2.59. The molecule has 0 radical (unpaired) electrons. The standard InChI is InChI=1S/C18H14F3N3O/c1-24-8-7-22-17(24)16(11-3-2-4-12(19)9-11)23-18(25)14-10-13(20)5-6-15(14)21/h2-10,16H,1H3,(H,23,25)/t16-/m0/s1. The number of hydrogen-bond donors (Lipinski definition) is 1. The van der Waals surface area contributed by atoms with Crippen molar-refractivity contribution in [2.24, 2.45) is 7.05 Å². The molecule has 2 aromatic carbocycles. The Kier molecular flexibility index (Phi) is 4.56. The number of carbonyl (C=O) groups excluding carboxylic acids is 1. The van der Waals surface area contributed by atoms with E-state index >= 15 is 0 Å². The zero-order chi connectivity index (χ0) is 18.0. The smallest absolute Gasteiger partial charge is 0.255 e. The van der Waals surface area contributed by atoms with Crippen molar-refractivity contribution in [3.05, 3.63) is 89.3 Å². The van der Waals surface area contributed by atoms with Crippen molar-refractivity contribution >= 4 is 5.91 Å². The van der Waals surface area contributed by atoms with Crippen LogP contribution >= 0.6 is 0 Å². The van der Waals surface area contributed by atoms with Crippen molar-refractivity contribution in [1.29, 1.82) is 0 Å². The van der Waals surface area contributed by atoms with Crippen LogP contribution in [0.1, 0.15) is 27.8 Å². The fourth-order valence-corrected chi connectivity index (χ4v) is 2.52. The molecule has 0 bridgehead atoms. The van der Waals surface area contributed by atoms with E-state index in [1.165, 1.54) is 24.4 Å². The average Bonchev–Trinajstić information content (AvgIpc) is 3.00. The summed E-state index contributed by atoms with van der Waals surface area (Å²) in [6.07, 6.45) is 3.19. The lowest BCUT2D eigenvalue weighted by Gasteiger charge is -2.19. The second kappa shape index (κ2) is 6.80. The van der Waals surface area contributed by atoms with Crippen molar-refractivity contribution in [2.45, 2.75) is 6.04 Å². The maximum atomic E-state index is 13.9. The van der Waals surface area contributed by atoms with E-state index in [0.717, 1.165) is 18.2 Å². The number of hydrogen-bond acceptors (Lipinski definition) is 2. The number of carbonyl (C=O) groups is 1. The summed E-state index contributed by atoms with van der Waals surface area (Å²) in [7, 11) is 1.71. The van der Waals surface area contributed by atoms with E-state index in [9.17, 15) is 18.0 Å². The first-order chi connectivity index (χ1) is 12.0. The second-order valence-electron chi connectivity index (χ2n) is 5.48. The molecule has 1 N–H and O–H groups in total. The van der Waals surface area contributed by atoms with Crippen molar-refractivity contribution in [3.8, 4) is 0 Å². The van der Waals surface area contributed by atoms with E-state index in [1.807, 2.05) is 0 Å². The zero-order valence-electron chi connectivity index (χ0n) is 13.2. The lowest BCUT2D eigenvalue weighted by atomic mass is 10.0. The first-order valence-electron chi connectivity index (χ1n) is 7.44. The Morgan fingerprint density at radius 2 is 1.88 bits per heavy atom. The molecule has 0 fully saturated rings. The Morgan fingerprint density at radius 3 is 2.56 bits per heavy atom. The largest absolute Gasteiger partial charge is 0.338 e. The maximum Gasteiger partial charge on any atom is 0.255 e. The van der Waals surface area contributed by atoms with E-state index < -0.39 is 35.0 Å². The monoisotopic (exact) mass is 345 g/mol. The number of nitrogens with zero attached hydrogens (tertiary/aromatic N) is 2. The van der Waals surface area contributed by atoms with Gasteiger partial charge in [0.2, 0.25) is 0 Å². The number of benzene rings is 2. The van der Waals surface area contributed by atoms with Gasteiger partial charge in [-0.3, -0.25) is 4.79 Å². The van der Waals surface area contributed by atoms with Crippen LogP contribution in [0.2, 0.25) is 0 Å². The highest BCUT2D eigenvalue weighted by Crippen LogP contribution is 2.22. The molecule has 4 nitrogen and oxygen atoms in total. The molecule has 0 spiro atoms. The van der Waals surface area contributed by atoms with Gasteiger partial charge >= 0.3 is 0 Å². The molecule has 0 unspecified atom stereocenters. The summed E-state index contributed by atoms with van der Waals surface area (Å²) >= 11 is 0. The summed E-state index contributed by atoms with van der Waals surface area (Å²) in [6, 6.07) is 7.42. The molecule has 0 saturated heterocycles. The lowest BCUT2D eigenvalue weighted by molar-refractivity contribution is 0.0936. The van der Waals surface area contributed by atoms with Crippen molar-refractivity contribution in [1.82, 2.24) is 14.9 Å². The molecule has 1 heterocycles. The number of aryl methyl sites for hydroxylation is 1. The molecule has 0 aliphatic heterocycles. The van der Waals surface area contributed by atoms with E-state index in [-0.39, 0.29) is 0 Å². The van der Waals surface area contributed by atoms with Gasteiger partial charge in [-0.05, 0) is 35.9 Å². The highest BCUT2D eigenvalue weighted by atomic mass is 19.1. The number of amides is 1. The van der Waals surface area contributed by atoms with Crippen molar-refractivity contribution < 1.29 is 18.0 Å². The van der Waals surface area contributed by atoms with Crippen LogP contribution in [0.25, 0.3) is 0 Å². The molecular weight excluding hydrogens is 331 g/mol. The predicted octanol–water partition coefficient (Wildman–Crippen LogP) is 3.36. The fourth-order valence-electron chi connectivity index (χ4n) is 2.52. The molecule has 0 aliphatic rings. The van der Waals surface area contributed by atoms with Crippen LogP contribution in [-0.4, -0.2) is 15.5 Å². The van der Waals surface area contributed by atoms with Gasteiger partial charge in [0.15, 0.2) is 0 Å². The first-order valence-corrected chi connectivity index (χ1v) is 7.44. The third-order valence-electron chi connectivity index (χ3n) is 3.75. The minimum atomic E-state index is -0.850. The highest BCUT2D eigenvalue weighted by molar-refractivity contribution is 5.94. The second-order valence-corrected chi connectivity index (χ2v) is 5.48. The minimum absolute atomic E-state index is 0.427. The normalized spacial score (nSPS) is 12.0. The Bertz CT molecular complexity index is 923. The molecule has 0 saturated carbocycles. The van der Waals surface area contributed by atoms with Crippen molar-refractivity contribution in [2.75, 3.05) is 0 Å². The lowest BCUT2D eigenvalue weighted by Crippen LogP contribution is -2.31. The summed E-state index contributed by atoms with van der Waals surface area (Å²) in [6.45, 7) is 0. The van der Waals surface area contributed by atoms with Gasteiger partial charge in [0, 0.05) is 19.4 Å². The first kappa shape index (κ1) is 16.8. The van der Waals surface area contributed by atoms with Crippen LogP contribution in [-0.2, 0) is 7.05 Å². The van der Waals surface area contributed by atoms with Gasteiger partial charge in [-0.25, -0.2) is 18.2 Å². The van der Waals surface area contributed by atoms with Crippen molar-refractivity contribution in [3.63, 3.8) is 0 Å². The van der Waals surface area contributed by atoms with E-state index in [1.54, 1.807) is 23.9 Å². The molecule has 3 aromatic rings. The van der Waals surface area contributed by atoms with Crippen LogP contribution in [0.15, 0.2) is 54.9 Å². The van der Waals surface area contributed by atoms with E-state index in [2.05, 4.69) is 10.3 Å². The zero-order valence-corrected chi connectivity index (χ0v) is 13.2. The van der Waals surface area contributed by atoms with Gasteiger partial charge in [0.25, 0.3) is 5.91 Å². The number of nitrogens with one attached hydrogen (secondary N) is 1. The number of halogens is 3. The summed E-state index contributed by atoms with van der Waals surface area (Å²) < 4.78 is 42.4. The Labute approximate surface area is 141 Å². The number of aromatic nitrogens is 2. The van der Waals surface area contributed by atoms with Crippen LogP contribution in [0, 0.1) is 17.5 Å². The van der Waals surface area contributed by atoms with Gasteiger partial charge < -0.3 is 9.88 Å². The summed E-state index contributed by atoms with van der Waals surface area (Å²) in [5.74, 6) is -2.46. The average molecular weight is 345 g/mol. The molecule has 1 amide bonds. The summed E-state index contributed by atoms with van der Waals surface area (Å²) in [5.41, 5.74) is -0.00456. The number of rotatable bonds is 4. The van der Waals surface area contributed by atoms with Gasteiger partial charge in [0.1, 0.15) is 29.3 Å². The van der Waals surface area contributed by atoms with Gasteiger partial charge in [0.05, 0.1) is 5.56 Å². The third kappa shape index (κ3) is 3.55. The van der Waals surface area contributed by atoms with Gasteiger partial charge in [-0.15, -0.1) is 0 Å². The Hall–Kier alpha value is -3.09. The summed E-state index contributed by atoms with van der Waals surface area (Å²) in [4.78, 5) is 16.6. The van der Waals surface area contributed by atoms with E-state index in [0.29, 0.717) is 11.4 Å². The predicted molar refractivity (Wildman–Crippen MR) is 85.3 cm³/mol. The molecule has 25 heavy (non-hydrogen) atoms. The van der Waals surface area contributed by atoms with Crippen LogP contribution in [0.5, 0.6) is 0 Å². The molecule has 1 aromatic heterocycles. The molecular formula is C18H14F3N3O. The fraction of sp³-hybridized carbons (Fsp3) is 0.111. The van der Waals surface area contributed by atoms with Crippen LogP contribution in [0.3, 0.4) is 0 Å². The maximum absolute atomic E-state index is 13.9. The highest BCUT2D eigenvalue weighted by Gasteiger charge is 2.23. The van der Waals surface area contributed by atoms with Crippen LogP contribution < -0.4 is 5.32 Å². The quantitative estimate of drug-likeness (QED) is 0.788. The number of imidazole rings is 1. The Morgan fingerprint density at radius 1 is 1.12 bits per heavy atom. The van der Waals surface area contributed by atoms with Gasteiger partial charge in [-0.2, -0.15) is 0 Å². The Balaban J connectivity index is 2.00. The molecule has 1 atom stereocenters. The SMILES string of the molecule is Cn1ccnc1[C@@H](NC(=O)c1cc(F)ccc1F)c1cccc(F)c1. The minimum Gasteiger partial charge on any atom is -0.338 e. The third-order valence-corrected chi connectivity index (χ3v) is 3.75. The van der Waals surface area contributed by atoms with Crippen LogP contribution in [0.4, 0.5) is 13.2 Å². The molecule has 128 valence electrons. The molecule has 0 aliphatic carbocycles. The molecule has 3 rings (SSSR count).